The number of benzene rings is 1. The van der Waals surface area contributed by atoms with Gasteiger partial charge in [-0.3, -0.25) is 10.1 Å². The van der Waals surface area contributed by atoms with E-state index >= 15 is 0 Å². The molecule has 0 aliphatic carbocycles. The van der Waals surface area contributed by atoms with Gasteiger partial charge in [-0.2, -0.15) is 0 Å². The minimum absolute atomic E-state index is 0.109. The van der Waals surface area contributed by atoms with Gasteiger partial charge in [-0.25, -0.2) is 4.98 Å². The molecule has 1 aromatic heterocycles. The monoisotopic (exact) mass is 328 g/mol. The molecule has 0 aliphatic rings. The first-order valence-electron chi connectivity index (χ1n) is 4.80. The minimum Gasteiger partial charge on any atom is -0.432 e. The van der Waals surface area contributed by atoms with Crippen LogP contribution in [0.15, 0.2) is 40.9 Å². The molecule has 0 saturated carbocycles. The van der Waals surface area contributed by atoms with Crippen molar-refractivity contribution in [1.29, 1.82) is 0 Å². The Balaban J connectivity index is 2.37. The molecular formula is C11H6BrClN2O3. The number of ether oxygens (including phenoxy) is 1. The highest BCUT2D eigenvalue weighted by Gasteiger charge is 2.16. The van der Waals surface area contributed by atoms with E-state index in [1.165, 1.54) is 12.1 Å². The van der Waals surface area contributed by atoms with Gasteiger partial charge in [0.05, 0.1) is 4.92 Å². The zero-order valence-corrected chi connectivity index (χ0v) is 11.2. The number of hydrogen-bond acceptors (Lipinski definition) is 4. The lowest BCUT2D eigenvalue weighted by molar-refractivity contribution is -0.385. The van der Waals surface area contributed by atoms with Crippen LogP contribution in [-0.4, -0.2) is 9.91 Å². The van der Waals surface area contributed by atoms with E-state index in [0.29, 0.717) is 4.47 Å². The lowest BCUT2D eigenvalue weighted by atomic mass is 10.3. The molecule has 0 spiro atoms. The van der Waals surface area contributed by atoms with Crippen molar-refractivity contribution in [3.8, 4) is 11.6 Å². The molecule has 0 saturated heterocycles. The first kappa shape index (κ1) is 12.8. The highest BCUT2D eigenvalue weighted by atomic mass is 79.9. The topological polar surface area (TPSA) is 65.3 Å². The number of pyridine rings is 1. The van der Waals surface area contributed by atoms with Gasteiger partial charge in [0, 0.05) is 16.6 Å². The summed E-state index contributed by atoms with van der Waals surface area (Å²) in [6, 6.07) is 9.30. The lowest BCUT2D eigenvalue weighted by Gasteiger charge is -2.05. The molecule has 2 rings (SSSR count). The standard InChI is InChI=1S/C11H6BrClN2O3/c12-7-4-5-9(8(6-7)15(16)17)18-11-3-1-2-10(13)14-11/h1-6H. The van der Waals surface area contributed by atoms with Crippen molar-refractivity contribution in [2.45, 2.75) is 0 Å². The van der Waals surface area contributed by atoms with Gasteiger partial charge in [-0.15, -0.1) is 0 Å². The molecule has 0 amide bonds. The van der Waals surface area contributed by atoms with E-state index in [9.17, 15) is 10.1 Å². The zero-order chi connectivity index (χ0) is 13.1. The molecular weight excluding hydrogens is 323 g/mol. The maximum Gasteiger partial charge on any atom is 0.312 e. The van der Waals surface area contributed by atoms with Crippen LogP contribution < -0.4 is 4.74 Å². The van der Waals surface area contributed by atoms with E-state index in [0.717, 1.165) is 0 Å². The second-order valence-corrected chi connectivity index (χ2v) is 4.57. The molecule has 1 aromatic carbocycles. The van der Waals surface area contributed by atoms with Crippen LogP contribution in [0.2, 0.25) is 5.15 Å². The normalized spacial score (nSPS) is 10.1. The molecule has 92 valence electrons. The molecule has 0 atom stereocenters. The van der Waals surface area contributed by atoms with Crippen LogP contribution in [0.5, 0.6) is 11.6 Å². The Kier molecular flexibility index (Phi) is 3.78. The number of hydrogen-bond donors (Lipinski definition) is 0. The second-order valence-electron chi connectivity index (χ2n) is 3.27. The maximum absolute atomic E-state index is 10.9. The predicted octanol–water partition coefficient (Wildman–Crippen LogP) is 4.20. The van der Waals surface area contributed by atoms with Crippen molar-refractivity contribution < 1.29 is 9.66 Å². The van der Waals surface area contributed by atoms with Crippen molar-refractivity contribution in [2.75, 3.05) is 0 Å². The molecule has 0 aliphatic heterocycles. The fourth-order valence-corrected chi connectivity index (χ4v) is 1.78. The molecule has 18 heavy (non-hydrogen) atoms. The average Bonchev–Trinajstić information content (AvgIpc) is 2.31. The Bertz CT molecular complexity index is 607. The summed E-state index contributed by atoms with van der Waals surface area (Å²) in [5.41, 5.74) is -0.147. The van der Waals surface area contributed by atoms with Crippen LogP contribution in [0.3, 0.4) is 0 Å². The number of nitro groups is 1. The van der Waals surface area contributed by atoms with Crippen LogP contribution in [-0.2, 0) is 0 Å². The van der Waals surface area contributed by atoms with Gasteiger partial charge in [0.15, 0.2) is 0 Å². The third-order valence-electron chi connectivity index (χ3n) is 2.02. The zero-order valence-electron chi connectivity index (χ0n) is 8.84. The lowest BCUT2D eigenvalue weighted by Crippen LogP contribution is -1.94. The van der Waals surface area contributed by atoms with Crippen molar-refractivity contribution in [3.05, 3.63) is 56.1 Å². The Morgan fingerprint density at radius 1 is 1.33 bits per heavy atom. The van der Waals surface area contributed by atoms with Gasteiger partial charge in [0.1, 0.15) is 5.15 Å². The number of halogens is 2. The highest BCUT2D eigenvalue weighted by molar-refractivity contribution is 9.10. The SMILES string of the molecule is O=[N+]([O-])c1cc(Br)ccc1Oc1cccc(Cl)n1. The van der Waals surface area contributed by atoms with Gasteiger partial charge in [-0.05, 0) is 18.2 Å². The summed E-state index contributed by atoms with van der Waals surface area (Å²) in [4.78, 5) is 14.3. The first-order valence-corrected chi connectivity index (χ1v) is 5.98. The fraction of sp³-hybridized carbons (Fsp3) is 0. The van der Waals surface area contributed by atoms with Gasteiger partial charge in [0.25, 0.3) is 0 Å². The van der Waals surface area contributed by atoms with Crippen LogP contribution in [0.1, 0.15) is 0 Å². The van der Waals surface area contributed by atoms with Crippen LogP contribution >= 0.6 is 27.5 Å². The molecule has 1 heterocycles. The van der Waals surface area contributed by atoms with Crippen LogP contribution in [0.25, 0.3) is 0 Å². The largest absolute Gasteiger partial charge is 0.432 e. The summed E-state index contributed by atoms with van der Waals surface area (Å²) >= 11 is 8.87. The third-order valence-corrected chi connectivity index (χ3v) is 2.73. The first-order chi connectivity index (χ1) is 8.56. The summed E-state index contributed by atoms with van der Waals surface area (Å²) in [6.07, 6.45) is 0. The molecule has 0 N–H and O–H groups in total. The van der Waals surface area contributed by atoms with E-state index in [2.05, 4.69) is 20.9 Å². The van der Waals surface area contributed by atoms with E-state index in [1.54, 1.807) is 24.3 Å². The summed E-state index contributed by atoms with van der Waals surface area (Å²) < 4.78 is 5.95. The van der Waals surface area contributed by atoms with Gasteiger partial charge >= 0.3 is 5.69 Å². The Morgan fingerprint density at radius 3 is 2.78 bits per heavy atom. The number of nitro benzene ring substituents is 1. The van der Waals surface area contributed by atoms with Crippen molar-refractivity contribution in [3.63, 3.8) is 0 Å². The number of nitrogens with zero attached hydrogens (tertiary/aromatic N) is 2. The molecule has 0 fully saturated rings. The van der Waals surface area contributed by atoms with Gasteiger partial charge in [0.2, 0.25) is 11.6 Å². The van der Waals surface area contributed by atoms with E-state index in [-0.39, 0.29) is 22.5 Å². The fourth-order valence-electron chi connectivity index (χ4n) is 1.28. The molecule has 2 aromatic rings. The summed E-state index contributed by atoms with van der Waals surface area (Å²) in [5.74, 6) is 0.311. The molecule has 0 bridgehead atoms. The van der Waals surface area contributed by atoms with Crippen molar-refractivity contribution in [1.82, 2.24) is 4.98 Å². The molecule has 0 unspecified atom stereocenters. The van der Waals surface area contributed by atoms with E-state index < -0.39 is 4.92 Å². The van der Waals surface area contributed by atoms with Crippen molar-refractivity contribution >= 4 is 33.2 Å². The molecule has 5 nitrogen and oxygen atoms in total. The molecule has 0 radical (unpaired) electrons. The maximum atomic E-state index is 10.9. The summed E-state index contributed by atoms with van der Waals surface area (Å²) in [5, 5.41) is 11.1. The molecule has 7 heteroatoms. The van der Waals surface area contributed by atoms with Crippen LogP contribution in [0.4, 0.5) is 5.69 Å². The Labute approximate surface area is 116 Å². The van der Waals surface area contributed by atoms with Gasteiger partial charge in [-0.1, -0.05) is 33.6 Å². The van der Waals surface area contributed by atoms with E-state index in [1.807, 2.05) is 0 Å². The highest BCUT2D eigenvalue weighted by Crippen LogP contribution is 2.33. The quantitative estimate of drug-likeness (QED) is 0.481. The summed E-state index contributed by atoms with van der Waals surface area (Å²) in [7, 11) is 0. The average molecular weight is 330 g/mol. The van der Waals surface area contributed by atoms with Crippen molar-refractivity contribution in [2.24, 2.45) is 0 Å². The third kappa shape index (κ3) is 2.96. The predicted molar refractivity (Wildman–Crippen MR) is 70.1 cm³/mol. The number of aromatic nitrogens is 1. The van der Waals surface area contributed by atoms with E-state index in [4.69, 9.17) is 16.3 Å². The number of rotatable bonds is 3. The van der Waals surface area contributed by atoms with Gasteiger partial charge < -0.3 is 4.74 Å². The Morgan fingerprint density at radius 2 is 2.11 bits per heavy atom. The minimum atomic E-state index is -0.523. The van der Waals surface area contributed by atoms with Crippen LogP contribution in [0, 0.1) is 10.1 Å². The summed E-state index contributed by atoms with van der Waals surface area (Å²) in [6.45, 7) is 0. The second kappa shape index (κ2) is 5.32. The smallest absolute Gasteiger partial charge is 0.312 e. The Hall–Kier alpha value is -1.66.